The molecule has 0 bridgehead atoms. The minimum absolute atomic E-state index is 0.174. The summed E-state index contributed by atoms with van der Waals surface area (Å²) >= 11 is 0. The van der Waals surface area contributed by atoms with Gasteiger partial charge < -0.3 is 16.0 Å². The lowest BCUT2D eigenvalue weighted by Gasteiger charge is -2.19. The molecule has 0 aliphatic rings. The van der Waals surface area contributed by atoms with Crippen LogP contribution >= 0.6 is 0 Å². The van der Waals surface area contributed by atoms with Gasteiger partial charge in [-0.25, -0.2) is 9.97 Å². The molecule has 3 N–H and O–H groups in total. The van der Waals surface area contributed by atoms with Gasteiger partial charge in [0.25, 0.3) is 0 Å². The van der Waals surface area contributed by atoms with E-state index in [0.717, 1.165) is 24.4 Å². The summed E-state index contributed by atoms with van der Waals surface area (Å²) in [5, 5.41) is 8.51. The second-order valence-corrected chi connectivity index (χ2v) is 6.18. The highest BCUT2D eigenvalue weighted by Gasteiger charge is 2.33. The van der Waals surface area contributed by atoms with Gasteiger partial charge in [0.05, 0.1) is 11.6 Å². The molecule has 1 atom stereocenters. The second kappa shape index (κ2) is 9.63. The number of benzene rings is 1. The van der Waals surface area contributed by atoms with Crippen molar-refractivity contribution in [3.8, 4) is 0 Å². The van der Waals surface area contributed by atoms with Crippen LogP contribution in [0, 0.1) is 0 Å². The number of aromatic nitrogens is 2. The lowest BCUT2D eigenvalue weighted by Crippen LogP contribution is -2.40. The van der Waals surface area contributed by atoms with E-state index < -0.39 is 29.7 Å². The maximum atomic E-state index is 12.9. The Morgan fingerprint density at radius 3 is 2.43 bits per heavy atom. The van der Waals surface area contributed by atoms with E-state index in [1.165, 1.54) is 13.1 Å². The van der Waals surface area contributed by atoms with Crippen LogP contribution in [0.4, 0.5) is 32.3 Å². The Morgan fingerprint density at radius 2 is 1.80 bits per heavy atom. The van der Waals surface area contributed by atoms with E-state index in [-0.39, 0.29) is 19.0 Å². The zero-order valence-corrected chi connectivity index (χ0v) is 16.1. The molecule has 2 aromatic rings. The van der Waals surface area contributed by atoms with Crippen LogP contribution < -0.4 is 16.0 Å². The SMILES string of the molecule is CN=C(NCCNc1nccc(C(F)(F)F)n1)NC(C)c1cccc(C(F)(F)F)c1. The molecular weight excluding hydrogens is 414 g/mol. The number of halogens is 6. The quantitative estimate of drug-likeness (QED) is 0.279. The lowest BCUT2D eigenvalue weighted by atomic mass is 10.1. The molecule has 0 saturated carbocycles. The van der Waals surface area contributed by atoms with Crippen LogP contribution in [-0.4, -0.2) is 36.1 Å². The normalized spacial score (nSPS) is 13.7. The fourth-order valence-electron chi connectivity index (χ4n) is 2.42. The number of hydrogen-bond acceptors (Lipinski definition) is 4. The van der Waals surface area contributed by atoms with Crippen LogP contribution in [0.1, 0.15) is 29.8 Å². The predicted molar refractivity (Wildman–Crippen MR) is 99.9 cm³/mol. The van der Waals surface area contributed by atoms with E-state index in [9.17, 15) is 26.3 Å². The molecule has 0 amide bonds. The van der Waals surface area contributed by atoms with Crippen molar-refractivity contribution in [1.82, 2.24) is 20.6 Å². The third-order valence-corrected chi connectivity index (χ3v) is 3.94. The summed E-state index contributed by atoms with van der Waals surface area (Å²) in [4.78, 5) is 11.1. The molecule has 0 spiro atoms. The largest absolute Gasteiger partial charge is 0.433 e. The van der Waals surface area contributed by atoms with Crippen molar-refractivity contribution in [2.45, 2.75) is 25.3 Å². The third kappa shape index (κ3) is 6.78. The van der Waals surface area contributed by atoms with Crippen LogP contribution in [0.2, 0.25) is 0 Å². The average molecular weight is 434 g/mol. The summed E-state index contributed by atoms with van der Waals surface area (Å²) in [6.45, 7) is 2.10. The monoisotopic (exact) mass is 434 g/mol. The van der Waals surface area contributed by atoms with Gasteiger partial charge in [-0.3, -0.25) is 4.99 Å². The van der Waals surface area contributed by atoms with Crippen LogP contribution in [0.3, 0.4) is 0 Å². The Bertz CT molecular complexity index is 865. The van der Waals surface area contributed by atoms with Gasteiger partial charge in [-0.2, -0.15) is 26.3 Å². The molecule has 0 fully saturated rings. The highest BCUT2D eigenvalue weighted by atomic mass is 19.4. The van der Waals surface area contributed by atoms with Crippen molar-refractivity contribution in [3.05, 3.63) is 53.3 Å². The van der Waals surface area contributed by atoms with Crippen molar-refractivity contribution >= 4 is 11.9 Å². The highest BCUT2D eigenvalue weighted by Crippen LogP contribution is 2.30. The van der Waals surface area contributed by atoms with Gasteiger partial charge in [0.15, 0.2) is 5.96 Å². The summed E-state index contributed by atoms with van der Waals surface area (Å²) < 4.78 is 76.5. The zero-order valence-electron chi connectivity index (χ0n) is 16.1. The molecule has 1 aromatic carbocycles. The molecule has 1 heterocycles. The summed E-state index contributed by atoms with van der Waals surface area (Å²) in [6.07, 6.45) is -8.00. The maximum Gasteiger partial charge on any atom is 0.433 e. The van der Waals surface area contributed by atoms with E-state index in [2.05, 4.69) is 30.9 Å². The Labute approximate surface area is 168 Å². The Hall–Kier alpha value is -3.05. The summed E-state index contributed by atoms with van der Waals surface area (Å²) in [5.41, 5.74) is -1.38. The molecule has 0 radical (unpaired) electrons. The maximum absolute atomic E-state index is 12.9. The Morgan fingerprint density at radius 1 is 1.07 bits per heavy atom. The number of nitrogens with zero attached hydrogens (tertiary/aromatic N) is 3. The molecule has 0 aliphatic carbocycles. The fourth-order valence-corrected chi connectivity index (χ4v) is 2.42. The van der Waals surface area contributed by atoms with Crippen molar-refractivity contribution in [2.24, 2.45) is 4.99 Å². The number of rotatable bonds is 6. The molecule has 2 rings (SSSR count). The fraction of sp³-hybridized carbons (Fsp3) is 0.389. The minimum Gasteiger partial charge on any atom is -0.355 e. The summed E-state index contributed by atoms with van der Waals surface area (Å²) in [7, 11) is 1.48. The van der Waals surface area contributed by atoms with Gasteiger partial charge >= 0.3 is 12.4 Å². The number of alkyl halides is 6. The third-order valence-electron chi connectivity index (χ3n) is 3.94. The van der Waals surface area contributed by atoms with Crippen LogP contribution in [0.25, 0.3) is 0 Å². The highest BCUT2D eigenvalue weighted by molar-refractivity contribution is 5.80. The van der Waals surface area contributed by atoms with Crippen LogP contribution in [0.15, 0.2) is 41.5 Å². The van der Waals surface area contributed by atoms with E-state index in [1.807, 2.05) is 0 Å². The first-order valence-corrected chi connectivity index (χ1v) is 8.79. The standard InChI is InChI=1S/C18H20F6N6/c1-11(12-4-3-5-13(10-12)17(19,20)21)29-15(25-2)27-8-9-28-16-26-7-6-14(30-16)18(22,23)24/h3-7,10-11H,8-9H2,1-2H3,(H2,25,27,29)(H,26,28,30). The van der Waals surface area contributed by atoms with Crippen molar-refractivity contribution in [1.29, 1.82) is 0 Å². The van der Waals surface area contributed by atoms with Gasteiger partial charge in [-0.1, -0.05) is 12.1 Å². The van der Waals surface area contributed by atoms with Crippen LogP contribution in [0.5, 0.6) is 0 Å². The first-order valence-electron chi connectivity index (χ1n) is 8.79. The van der Waals surface area contributed by atoms with Gasteiger partial charge in [0.2, 0.25) is 5.95 Å². The Balaban J connectivity index is 1.87. The first kappa shape index (κ1) is 23.2. The van der Waals surface area contributed by atoms with Gasteiger partial charge in [-0.15, -0.1) is 0 Å². The van der Waals surface area contributed by atoms with E-state index >= 15 is 0 Å². The number of hydrogen-bond donors (Lipinski definition) is 3. The van der Waals surface area contributed by atoms with Crippen molar-refractivity contribution in [3.63, 3.8) is 0 Å². The van der Waals surface area contributed by atoms with Crippen LogP contribution in [-0.2, 0) is 12.4 Å². The second-order valence-electron chi connectivity index (χ2n) is 6.18. The van der Waals surface area contributed by atoms with E-state index in [4.69, 9.17) is 0 Å². The number of nitrogens with one attached hydrogen (secondary N) is 3. The number of guanidine groups is 1. The first-order chi connectivity index (χ1) is 14.0. The smallest absolute Gasteiger partial charge is 0.355 e. The predicted octanol–water partition coefficient (Wildman–Crippen LogP) is 3.85. The molecular formula is C18H20F6N6. The topological polar surface area (TPSA) is 74.2 Å². The minimum atomic E-state index is -4.57. The molecule has 1 unspecified atom stereocenters. The van der Waals surface area contributed by atoms with E-state index in [1.54, 1.807) is 13.0 Å². The molecule has 164 valence electrons. The molecule has 6 nitrogen and oxygen atoms in total. The number of aliphatic imine (C=N–C) groups is 1. The summed E-state index contributed by atoms with van der Waals surface area (Å²) in [6, 6.07) is 5.23. The number of anilines is 1. The van der Waals surface area contributed by atoms with Crippen molar-refractivity contribution < 1.29 is 26.3 Å². The van der Waals surface area contributed by atoms with Gasteiger partial charge in [0, 0.05) is 26.3 Å². The lowest BCUT2D eigenvalue weighted by molar-refractivity contribution is -0.141. The van der Waals surface area contributed by atoms with E-state index in [0.29, 0.717) is 11.5 Å². The molecule has 0 saturated heterocycles. The summed E-state index contributed by atoms with van der Waals surface area (Å²) in [5.74, 6) is 0.138. The Kier molecular flexibility index (Phi) is 7.46. The van der Waals surface area contributed by atoms with Gasteiger partial charge in [-0.05, 0) is 30.7 Å². The zero-order chi connectivity index (χ0) is 22.4. The molecule has 12 heteroatoms. The van der Waals surface area contributed by atoms with Crippen molar-refractivity contribution in [2.75, 3.05) is 25.5 Å². The molecule has 1 aromatic heterocycles. The molecule has 30 heavy (non-hydrogen) atoms. The molecule has 0 aliphatic heterocycles. The van der Waals surface area contributed by atoms with Gasteiger partial charge in [0.1, 0.15) is 5.69 Å². The average Bonchev–Trinajstić information content (AvgIpc) is 2.69.